The van der Waals surface area contributed by atoms with Gasteiger partial charge in [0.05, 0.1) is 0 Å². The van der Waals surface area contributed by atoms with Crippen molar-refractivity contribution in [2.45, 2.75) is 59.0 Å². The van der Waals surface area contributed by atoms with Crippen LogP contribution in [-0.4, -0.2) is 34.6 Å². The Kier molecular flexibility index (Phi) is 3.23. The van der Waals surface area contributed by atoms with Crippen LogP contribution in [0, 0.1) is 17.3 Å². The van der Waals surface area contributed by atoms with E-state index < -0.39 is 0 Å². The summed E-state index contributed by atoms with van der Waals surface area (Å²) < 4.78 is 0. The standard InChI is InChI=1S/C14H25NO2/c1-9(14(2,3)4)13(17)15-11-5-6-12(15)10(7-11)8-16/h9-12,16H,5-8H2,1-4H3. The molecule has 3 heteroatoms. The number of hydrogen-bond donors (Lipinski definition) is 1. The summed E-state index contributed by atoms with van der Waals surface area (Å²) in [4.78, 5) is 14.7. The second-order valence-corrected chi connectivity index (χ2v) is 6.81. The molecule has 0 saturated carbocycles. The van der Waals surface area contributed by atoms with E-state index in [4.69, 9.17) is 0 Å². The minimum absolute atomic E-state index is 0.0217. The van der Waals surface area contributed by atoms with Gasteiger partial charge in [0.2, 0.25) is 5.91 Å². The van der Waals surface area contributed by atoms with Gasteiger partial charge in [0, 0.05) is 30.5 Å². The summed E-state index contributed by atoms with van der Waals surface area (Å²) in [6, 6.07) is 0.705. The molecule has 4 unspecified atom stereocenters. The summed E-state index contributed by atoms with van der Waals surface area (Å²) in [7, 11) is 0. The average Bonchev–Trinajstić information content (AvgIpc) is 2.82. The third kappa shape index (κ3) is 2.10. The summed E-state index contributed by atoms with van der Waals surface area (Å²) in [5.41, 5.74) is 0.0217. The predicted octanol–water partition coefficient (Wildman–Crippen LogP) is 2.04. The summed E-state index contributed by atoms with van der Waals surface area (Å²) >= 11 is 0. The Morgan fingerprint density at radius 3 is 2.53 bits per heavy atom. The maximum atomic E-state index is 12.6. The lowest BCUT2D eigenvalue weighted by Crippen LogP contribution is -2.43. The highest BCUT2D eigenvalue weighted by Gasteiger charge is 2.49. The highest BCUT2D eigenvalue weighted by atomic mass is 16.3. The van der Waals surface area contributed by atoms with Crippen LogP contribution in [0.2, 0.25) is 0 Å². The van der Waals surface area contributed by atoms with Crippen molar-refractivity contribution in [1.29, 1.82) is 0 Å². The minimum atomic E-state index is 0.0217. The zero-order valence-electron chi connectivity index (χ0n) is 11.4. The first-order valence-electron chi connectivity index (χ1n) is 6.79. The number of aliphatic hydroxyl groups excluding tert-OH is 1. The maximum absolute atomic E-state index is 12.6. The molecule has 2 fully saturated rings. The minimum Gasteiger partial charge on any atom is -0.396 e. The zero-order valence-corrected chi connectivity index (χ0v) is 11.4. The van der Waals surface area contributed by atoms with Crippen LogP contribution in [0.4, 0.5) is 0 Å². The quantitative estimate of drug-likeness (QED) is 0.801. The molecule has 1 amide bonds. The van der Waals surface area contributed by atoms with Gasteiger partial charge >= 0.3 is 0 Å². The lowest BCUT2D eigenvalue weighted by Gasteiger charge is -2.33. The Hall–Kier alpha value is -0.570. The topological polar surface area (TPSA) is 40.5 Å². The van der Waals surface area contributed by atoms with Crippen LogP contribution < -0.4 is 0 Å². The largest absolute Gasteiger partial charge is 0.396 e. The molecule has 0 spiro atoms. The Labute approximate surface area is 104 Å². The molecule has 0 aromatic rings. The monoisotopic (exact) mass is 239 g/mol. The highest BCUT2D eigenvalue weighted by Crippen LogP contribution is 2.43. The molecule has 1 N–H and O–H groups in total. The smallest absolute Gasteiger partial charge is 0.226 e. The van der Waals surface area contributed by atoms with Crippen molar-refractivity contribution in [3.05, 3.63) is 0 Å². The van der Waals surface area contributed by atoms with Gasteiger partial charge < -0.3 is 10.0 Å². The van der Waals surface area contributed by atoms with Crippen LogP contribution >= 0.6 is 0 Å². The second kappa shape index (κ2) is 4.27. The molecule has 2 rings (SSSR count). The molecule has 0 aliphatic carbocycles. The number of carbonyl (C=O) groups excluding carboxylic acids is 1. The van der Waals surface area contributed by atoms with E-state index in [9.17, 15) is 9.90 Å². The Morgan fingerprint density at radius 2 is 2.06 bits per heavy atom. The molecule has 4 atom stereocenters. The normalized spacial score (nSPS) is 34.2. The van der Waals surface area contributed by atoms with E-state index in [-0.39, 0.29) is 17.9 Å². The Morgan fingerprint density at radius 1 is 1.41 bits per heavy atom. The van der Waals surface area contributed by atoms with Crippen LogP contribution in [0.3, 0.4) is 0 Å². The molecule has 2 bridgehead atoms. The lowest BCUT2D eigenvalue weighted by molar-refractivity contribution is -0.139. The molecule has 2 heterocycles. The number of hydrogen-bond acceptors (Lipinski definition) is 2. The van der Waals surface area contributed by atoms with E-state index >= 15 is 0 Å². The number of rotatable bonds is 2. The summed E-state index contributed by atoms with van der Waals surface area (Å²) in [6.45, 7) is 8.63. The summed E-state index contributed by atoms with van der Waals surface area (Å²) in [5, 5.41) is 9.35. The van der Waals surface area contributed by atoms with Crippen molar-refractivity contribution >= 4 is 5.91 Å². The fourth-order valence-electron chi connectivity index (χ4n) is 3.25. The van der Waals surface area contributed by atoms with Crippen LogP contribution in [-0.2, 0) is 4.79 Å². The molecule has 17 heavy (non-hydrogen) atoms. The van der Waals surface area contributed by atoms with Crippen LogP contribution in [0.5, 0.6) is 0 Å². The number of amides is 1. The van der Waals surface area contributed by atoms with E-state index in [1.807, 2.05) is 6.92 Å². The highest BCUT2D eigenvalue weighted by molar-refractivity contribution is 5.80. The van der Waals surface area contributed by atoms with Gasteiger partial charge in [-0.3, -0.25) is 4.79 Å². The second-order valence-electron chi connectivity index (χ2n) is 6.81. The fraction of sp³-hybridized carbons (Fsp3) is 0.929. The van der Waals surface area contributed by atoms with Crippen molar-refractivity contribution in [3.63, 3.8) is 0 Å². The van der Waals surface area contributed by atoms with E-state index in [1.54, 1.807) is 0 Å². The number of nitrogens with zero attached hydrogens (tertiary/aromatic N) is 1. The third-order valence-electron chi connectivity index (χ3n) is 4.82. The zero-order chi connectivity index (χ0) is 12.8. The van der Waals surface area contributed by atoms with Gasteiger partial charge in [-0.2, -0.15) is 0 Å². The van der Waals surface area contributed by atoms with E-state index in [0.29, 0.717) is 23.9 Å². The van der Waals surface area contributed by atoms with Crippen molar-refractivity contribution in [1.82, 2.24) is 4.90 Å². The van der Waals surface area contributed by atoms with Crippen molar-refractivity contribution in [3.8, 4) is 0 Å². The fourth-order valence-corrected chi connectivity index (χ4v) is 3.25. The van der Waals surface area contributed by atoms with Gasteiger partial charge in [0.15, 0.2) is 0 Å². The van der Waals surface area contributed by atoms with E-state index in [2.05, 4.69) is 25.7 Å². The van der Waals surface area contributed by atoms with Crippen molar-refractivity contribution < 1.29 is 9.90 Å². The van der Waals surface area contributed by atoms with E-state index in [1.165, 1.54) is 0 Å². The molecule has 2 aliphatic heterocycles. The number of aliphatic hydroxyl groups is 1. The first-order chi connectivity index (χ1) is 7.86. The molecule has 2 aliphatic rings. The molecule has 2 saturated heterocycles. The van der Waals surface area contributed by atoms with Gasteiger partial charge in [0.25, 0.3) is 0 Å². The van der Waals surface area contributed by atoms with Crippen molar-refractivity contribution in [2.75, 3.05) is 6.61 Å². The van der Waals surface area contributed by atoms with E-state index in [0.717, 1.165) is 19.3 Å². The van der Waals surface area contributed by atoms with Gasteiger partial charge in [-0.05, 0) is 24.7 Å². The maximum Gasteiger partial charge on any atom is 0.226 e. The van der Waals surface area contributed by atoms with Crippen LogP contribution in [0.15, 0.2) is 0 Å². The van der Waals surface area contributed by atoms with Gasteiger partial charge in [-0.1, -0.05) is 27.7 Å². The third-order valence-corrected chi connectivity index (χ3v) is 4.82. The summed E-state index contributed by atoms with van der Waals surface area (Å²) in [6.07, 6.45) is 3.21. The Bertz CT molecular complexity index is 308. The molecule has 0 radical (unpaired) electrons. The van der Waals surface area contributed by atoms with Gasteiger partial charge in [0.1, 0.15) is 0 Å². The molecular formula is C14H25NO2. The van der Waals surface area contributed by atoms with Gasteiger partial charge in [-0.25, -0.2) is 0 Å². The molecule has 0 aromatic heterocycles. The number of fused-ring (bicyclic) bond motifs is 2. The molecule has 98 valence electrons. The van der Waals surface area contributed by atoms with Crippen LogP contribution in [0.1, 0.15) is 47.0 Å². The number of carbonyl (C=O) groups is 1. The average molecular weight is 239 g/mol. The van der Waals surface area contributed by atoms with Gasteiger partial charge in [-0.15, -0.1) is 0 Å². The molecule has 3 nitrogen and oxygen atoms in total. The first-order valence-corrected chi connectivity index (χ1v) is 6.79. The van der Waals surface area contributed by atoms with Crippen LogP contribution in [0.25, 0.3) is 0 Å². The Balaban J connectivity index is 2.12. The summed E-state index contributed by atoms with van der Waals surface area (Å²) in [5.74, 6) is 0.675. The molecule has 0 aromatic carbocycles. The SMILES string of the molecule is CC(C(=O)N1C2CCC1C(CO)C2)C(C)(C)C. The lowest BCUT2D eigenvalue weighted by atomic mass is 9.81. The van der Waals surface area contributed by atoms with Crippen molar-refractivity contribution in [2.24, 2.45) is 17.3 Å². The molecular weight excluding hydrogens is 214 g/mol. The predicted molar refractivity (Wildman–Crippen MR) is 67.5 cm³/mol. The first kappa shape index (κ1) is 12.9.